The highest BCUT2D eigenvalue weighted by atomic mass is 16.5. The molecule has 1 aromatic carbocycles. The van der Waals surface area contributed by atoms with Gasteiger partial charge in [-0.25, -0.2) is 0 Å². The summed E-state index contributed by atoms with van der Waals surface area (Å²) in [5.74, 6) is 0.914. The van der Waals surface area contributed by atoms with E-state index in [9.17, 15) is 5.11 Å². The van der Waals surface area contributed by atoms with Crippen LogP contribution in [-0.4, -0.2) is 31.4 Å². The zero-order valence-electron chi connectivity index (χ0n) is 10.9. The zero-order valence-corrected chi connectivity index (χ0v) is 10.9. The van der Waals surface area contributed by atoms with Crippen molar-refractivity contribution in [2.24, 2.45) is 5.41 Å². The first-order valence-corrected chi connectivity index (χ1v) is 6.84. The highest BCUT2D eigenvalue weighted by molar-refractivity contribution is 5.20. The molecule has 0 bridgehead atoms. The van der Waals surface area contributed by atoms with Crippen molar-refractivity contribution in [3.63, 3.8) is 0 Å². The first-order chi connectivity index (χ1) is 8.85. The molecule has 18 heavy (non-hydrogen) atoms. The summed E-state index contributed by atoms with van der Waals surface area (Å²) < 4.78 is 5.61. The van der Waals surface area contributed by atoms with Crippen molar-refractivity contribution in [1.29, 1.82) is 0 Å². The second kappa shape index (κ2) is 6.76. The minimum atomic E-state index is 0.132. The predicted molar refractivity (Wildman–Crippen MR) is 72.8 cm³/mol. The number of ether oxygens (including phenoxy) is 1. The number of hydrogen-bond donors (Lipinski definition) is 2. The molecule has 0 spiro atoms. The number of aliphatic hydroxyl groups excluding tert-OH is 1. The Balaban J connectivity index is 1.61. The van der Waals surface area contributed by atoms with Gasteiger partial charge in [0.25, 0.3) is 0 Å². The lowest BCUT2D eigenvalue weighted by atomic mass is 9.87. The fraction of sp³-hybridized carbons (Fsp3) is 0.600. The van der Waals surface area contributed by atoms with E-state index >= 15 is 0 Å². The van der Waals surface area contributed by atoms with Crippen LogP contribution in [0.2, 0.25) is 0 Å². The molecule has 0 radical (unpaired) electrons. The molecule has 0 heterocycles. The smallest absolute Gasteiger partial charge is 0.119 e. The molecule has 1 saturated carbocycles. The van der Waals surface area contributed by atoms with E-state index in [1.54, 1.807) is 0 Å². The van der Waals surface area contributed by atoms with Crippen LogP contribution in [0.25, 0.3) is 0 Å². The van der Waals surface area contributed by atoms with E-state index in [1.807, 2.05) is 30.3 Å². The summed E-state index contributed by atoms with van der Waals surface area (Å²) in [6.07, 6.45) is 4.80. The number of hydrogen-bond acceptors (Lipinski definition) is 3. The maximum absolute atomic E-state index is 9.48. The molecule has 3 nitrogen and oxygen atoms in total. The largest absolute Gasteiger partial charge is 0.492 e. The van der Waals surface area contributed by atoms with Gasteiger partial charge in [-0.05, 0) is 25.0 Å². The third-order valence-electron chi connectivity index (χ3n) is 3.79. The van der Waals surface area contributed by atoms with Crippen molar-refractivity contribution >= 4 is 0 Å². The second-order valence-electron chi connectivity index (χ2n) is 5.20. The molecule has 2 rings (SSSR count). The average Bonchev–Trinajstić information content (AvgIpc) is 2.89. The lowest BCUT2D eigenvalue weighted by molar-refractivity contribution is 0.127. The number of benzene rings is 1. The molecule has 100 valence electrons. The molecule has 1 aromatic rings. The number of nitrogens with one attached hydrogen (secondary N) is 1. The average molecular weight is 249 g/mol. The van der Waals surface area contributed by atoms with Gasteiger partial charge in [-0.15, -0.1) is 0 Å². The van der Waals surface area contributed by atoms with Gasteiger partial charge in [0, 0.05) is 25.1 Å². The maximum atomic E-state index is 9.48. The van der Waals surface area contributed by atoms with E-state index in [1.165, 1.54) is 12.8 Å². The standard InChI is InChI=1S/C15H23NO2/c17-13-15(8-4-5-9-15)12-16-10-11-18-14-6-2-1-3-7-14/h1-3,6-7,16-17H,4-5,8-13H2. The lowest BCUT2D eigenvalue weighted by Crippen LogP contribution is -2.36. The number of para-hydroxylation sites is 1. The summed E-state index contributed by atoms with van der Waals surface area (Å²) in [7, 11) is 0. The van der Waals surface area contributed by atoms with E-state index < -0.39 is 0 Å². The van der Waals surface area contributed by atoms with Gasteiger partial charge in [0.2, 0.25) is 0 Å². The van der Waals surface area contributed by atoms with Crippen LogP contribution in [0.3, 0.4) is 0 Å². The van der Waals surface area contributed by atoms with Crippen molar-refractivity contribution in [3.05, 3.63) is 30.3 Å². The van der Waals surface area contributed by atoms with Crippen LogP contribution in [0.5, 0.6) is 5.75 Å². The van der Waals surface area contributed by atoms with Crippen LogP contribution in [-0.2, 0) is 0 Å². The van der Waals surface area contributed by atoms with E-state index in [0.29, 0.717) is 13.2 Å². The molecule has 1 fully saturated rings. The molecule has 2 N–H and O–H groups in total. The number of rotatable bonds is 7. The minimum absolute atomic E-state index is 0.132. The molecule has 0 saturated heterocycles. The topological polar surface area (TPSA) is 41.5 Å². The molecule has 3 heteroatoms. The Bertz CT molecular complexity index is 334. The fourth-order valence-corrected chi connectivity index (χ4v) is 2.63. The molecular weight excluding hydrogens is 226 g/mol. The van der Waals surface area contributed by atoms with Crippen LogP contribution >= 0.6 is 0 Å². The van der Waals surface area contributed by atoms with E-state index in [-0.39, 0.29) is 5.41 Å². The van der Waals surface area contributed by atoms with Gasteiger partial charge in [0.1, 0.15) is 12.4 Å². The first-order valence-electron chi connectivity index (χ1n) is 6.84. The Labute approximate surface area is 109 Å². The summed E-state index contributed by atoms with van der Waals surface area (Å²) in [5, 5.41) is 12.9. The normalized spacial score (nSPS) is 17.8. The summed E-state index contributed by atoms with van der Waals surface area (Å²) >= 11 is 0. The molecule has 0 aromatic heterocycles. The van der Waals surface area contributed by atoms with E-state index in [2.05, 4.69) is 5.32 Å². The van der Waals surface area contributed by atoms with Gasteiger partial charge in [0.15, 0.2) is 0 Å². The van der Waals surface area contributed by atoms with Crippen molar-refractivity contribution in [2.45, 2.75) is 25.7 Å². The summed E-state index contributed by atoms with van der Waals surface area (Å²) in [6, 6.07) is 9.86. The van der Waals surface area contributed by atoms with Crippen molar-refractivity contribution in [3.8, 4) is 5.75 Å². The van der Waals surface area contributed by atoms with Gasteiger partial charge in [-0.3, -0.25) is 0 Å². The van der Waals surface area contributed by atoms with Crippen molar-refractivity contribution in [2.75, 3.05) is 26.3 Å². The molecule has 0 amide bonds. The Morgan fingerprint density at radius 1 is 1.17 bits per heavy atom. The van der Waals surface area contributed by atoms with Gasteiger partial charge in [-0.1, -0.05) is 31.0 Å². The van der Waals surface area contributed by atoms with Gasteiger partial charge in [0.05, 0.1) is 0 Å². The molecular formula is C15H23NO2. The monoisotopic (exact) mass is 249 g/mol. The van der Waals surface area contributed by atoms with Crippen LogP contribution in [0.1, 0.15) is 25.7 Å². The highest BCUT2D eigenvalue weighted by Crippen LogP contribution is 2.36. The van der Waals surface area contributed by atoms with Crippen LogP contribution in [0.4, 0.5) is 0 Å². The predicted octanol–water partition coefficient (Wildman–Crippen LogP) is 2.21. The first kappa shape index (κ1) is 13.4. The molecule has 0 unspecified atom stereocenters. The van der Waals surface area contributed by atoms with Gasteiger partial charge >= 0.3 is 0 Å². The third-order valence-corrected chi connectivity index (χ3v) is 3.79. The third kappa shape index (κ3) is 3.72. The second-order valence-corrected chi connectivity index (χ2v) is 5.20. The van der Waals surface area contributed by atoms with Crippen molar-refractivity contribution in [1.82, 2.24) is 5.32 Å². The lowest BCUT2D eigenvalue weighted by Gasteiger charge is -2.26. The van der Waals surface area contributed by atoms with E-state index in [0.717, 1.165) is 31.7 Å². The fourth-order valence-electron chi connectivity index (χ4n) is 2.63. The summed E-state index contributed by atoms with van der Waals surface area (Å²) in [5.41, 5.74) is 0.132. The molecule has 0 aliphatic heterocycles. The highest BCUT2D eigenvalue weighted by Gasteiger charge is 2.32. The van der Waals surface area contributed by atoms with Crippen molar-refractivity contribution < 1.29 is 9.84 Å². The van der Waals surface area contributed by atoms with Crippen LogP contribution in [0.15, 0.2) is 30.3 Å². The van der Waals surface area contributed by atoms with Gasteiger partial charge < -0.3 is 15.2 Å². The summed E-state index contributed by atoms with van der Waals surface area (Å²) in [4.78, 5) is 0. The van der Waals surface area contributed by atoms with E-state index in [4.69, 9.17) is 4.74 Å². The Kier molecular flexibility index (Phi) is 5.02. The minimum Gasteiger partial charge on any atom is -0.492 e. The molecule has 0 atom stereocenters. The molecule has 1 aliphatic rings. The van der Waals surface area contributed by atoms with Gasteiger partial charge in [-0.2, -0.15) is 0 Å². The molecule has 1 aliphatic carbocycles. The SMILES string of the molecule is OCC1(CNCCOc2ccccc2)CCCC1. The summed E-state index contributed by atoms with van der Waals surface area (Å²) in [6.45, 7) is 2.71. The number of aliphatic hydroxyl groups is 1. The van der Waals surface area contributed by atoms with Crippen LogP contribution < -0.4 is 10.1 Å². The maximum Gasteiger partial charge on any atom is 0.119 e. The Morgan fingerprint density at radius 2 is 1.89 bits per heavy atom. The van der Waals surface area contributed by atoms with Crippen LogP contribution in [0, 0.1) is 5.41 Å². The zero-order chi connectivity index (χ0) is 12.7. The Morgan fingerprint density at radius 3 is 2.56 bits per heavy atom. The quantitative estimate of drug-likeness (QED) is 0.728. The Hall–Kier alpha value is -1.06.